The van der Waals surface area contributed by atoms with Gasteiger partial charge in [0.25, 0.3) is 0 Å². The van der Waals surface area contributed by atoms with Gasteiger partial charge in [-0.2, -0.15) is 0 Å². The Bertz CT molecular complexity index is 272. The van der Waals surface area contributed by atoms with Crippen molar-refractivity contribution in [3.05, 3.63) is 18.1 Å². The van der Waals surface area contributed by atoms with Crippen LogP contribution in [-0.4, -0.2) is 21.8 Å². The summed E-state index contributed by atoms with van der Waals surface area (Å²) in [5, 5.41) is 2.47. The van der Waals surface area contributed by atoms with E-state index in [-0.39, 0.29) is 11.8 Å². The summed E-state index contributed by atoms with van der Waals surface area (Å²) in [6.07, 6.45) is 3.06. The van der Waals surface area contributed by atoms with Crippen molar-refractivity contribution in [3.8, 4) is 0 Å². The molecule has 0 aliphatic heterocycles. The first kappa shape index (κ1) is 8.93. The molecule has 5 heteroatoms. The summed E-state index contributed by atoms with van der Waals surface area (Å²) in [6.45, 7) is 1.82. The first-order valence-corrected chi connectivity index (χ1v) is 3.90. The smallest absolute Gasteiger partial charge is 0.240 e. The van der Waals surface area contributed by atoms with E-state index >= 15 is 0 Å². The van der Waals surface area contributed by atoms with E-state index in [9.17, 15) is 4.79 Å². The van der Waals surface area contributed by atoms with E-state index in [1.807, 2.05) is 6.92 Å². The standard InChI is InChI=1S/C7H8ClN3O/c1-5-3-10-6(4-9-5)11-7(12)2-8/h3-4H,2H2,1H3,(H,10,11,12). The minimum atomic E-state index is -0.283. The molecule has 1 rings (SSSR count). The highest BCUT2D eigenvalue weighted by Crippen LogP contribution is 1.99. The van der Waals surface area contributed by atoms with Crippen LogP contribution in [-0.2, 0) is 4.79 Å². The van der Waals surface area contributed by atoms with Crippen LogP contribution in [0.25, 0.3) is 0 Å². The molecule has 0 aliphatic rings. The third-order valence-electron chi connectivity index (χ3n) is 1.17. The normalized spacial score (nSPS) is 9.50. The van der Waals surface area contributed by atoms with Gasteiger partial charge >= 0.3 is 0 Å². The quantitative estimate of drug-likeness (QED) is 0.699. The highest BCUT2D eigenvalue weighted by atomic mass is 35.5. The molecular weight excluding hydrogens is 178 g/mol. The Morgan fingerprint density at radius 3 is 2.83 bits per heavy atom. The molecule has 4 nitrogen and oxygen atoms in total. The number of hydrogen-bond acceptors (Lipinski definition) is 3. The first-order chi connectivity index (χ1) is 5.72. The number of nitrogens with zero attached hydrogens (tertiary/aromatic N) is 2. The molecule has 1 aromatic rings. The van der Waals surface area contributed by atoms with Crippen LogP contribution in [0.5, 0.6) is 0 Å². The lowest BCUT2D eigenvalue weighted by molar-refractivity contribution is -0.113. The van der Waals surface area contributed by atoms with E-state index < -0.39 is 0 Å². The fourth-order valence-corrected chi connectivity index (χ4v) is 0.700. The van der Waals surface area contributed by atoms with Crippen molar-refractivity contribution in [3.63, 3.8) is 0 Å². The number of alkyl halides is 1. The van der Waals surface area contributed by atoms with E-state index in [1.165, 1.54) is 6.20 Å². The second kappa shape index (κ2) is 4.01. The average molecular weight is 186 g/mol. The minimum absolute atomic E-state index is 0.0739. The van der Waals surface area contributed by atoms with Crippen LogP contribution in [0, 0.1) is 6.92 Å². The molecule has 0 saturated carbocycles. The number of hydrogen-bond donors (Lipinski definition) is 1. The molecule has 1 heterocycles. The van der Waals surface area contributed by atoms with Crippen LogP contribution in [0.15, 0.2) is 12.4 Å². The number of aryl methyl sites for hydroxylation is 1. The van der Waals surface area contributed by atoms with Crippen molar-refractivity contribution in [1.82, 2.24) is 9.97 Å². The van der Waals surface area contributed by atoms with Crippen LogP contribution in [0.4, 0.5) is 5.82 Å². The number of nitrogens with one attached hydrogen (secondary N) is 1. The summed E-state index contributed by atoms with van der Waals surface area (Å²) in [6, 6.07) is 0. The number of carbonyl (C=O) groups is 1. The Kier molecular flexibility index (Phi) is 2.99. The van der Waals surface area contributed by atoms with Gasteiger partial charge in [0, 0.05) is 0 Å². The maximum absolute atomic E-state index is 10.8. The number of amides is 1. The lowest BCUT2D eigenvalue weighted by Crippen LogP contribution is -2.13. The molecule has 0 radical (unpaired) electrons. The zero-order valence-corrected chi connectivity index (χ0v) is 7.30. The maximum Gasteiger partial charge on any atom is 0.240 e. The van der Waals surface area contributed by atoms with E-state index in [0.717, 1.165) is 5.69 Å². The second-order valence-corrected chi connectivity index (χ2v) is 2.49. The Labute approximate surface area is 75.0 Å². The van der Waals surface area contributed by atoms with Crippen molar-refractivity contribution in [2.75, 3.05) is 11.2 Å². The highest BCUT2D eigenvalue weighted by molar-refractivity contribution is 6.28. The minimum Gasteiger partial charge on any atom is -0.308 e. The zero-order chi connectivity index (χ0) is 8.97. The van der Waals surface area contributed by atoms with Gasteiger partial charge in [0.05, 0.1) is 18.1 Å². The number of carbonyl (C=O) groups excluding carboxylic acids is 1. The second-order valence-electron chi connectivity index (χ2n) is 2.22. The van der Waals surface area contributed by atoms with Gasteiger partial charge in [-0.25, -0.2) is 4.98 Å². The molecule has 12 heavy (non-hydrogen) atoms. The monoisotopic (exact) mass is 185 g/mol. The summed E-state index contributed by atoms with van der Waals surface area (Å²) in [5.41, 5.74) is 0.805. The number of anilines is 1. The SMILES string of the molecule is Cc1cnc(NC(=O)CCl)cn1. The molecule has 0 spiro atoms. The third kappa shape index (κ3) is 2.47. The van der Waals surface area contributed by atoms with Crippen LogP contribution in [0.1, 0.15) is 5.69 Å². The highest BCUT2D eigenvalue weighted by Gasteiger charge is 1.99. The van der Waals surface area contributed by atoms with Gasteiger partial charge in [-0.1, -0.05) is 0 Å². The Morgan fingerprint density at radius 1 is 1.58 bits per heavy atom. The Hall–Kier alpha value is -1.16. The largest absolute Gasteiger partial charge is 0.308 e. The summed E-state index contributed by atoms with van der Waals surface area (Å²) in [7, 11) is 0. The van der Waals surface area contributed by atoms with E-state index in [2.05, 4.69) is 15.3 Å². The molecule has 0 unspecified atom stereocenters. The molecular formula is C7H8ClN3O. The van der Waals surface area contributed by atoms with Crippen molar-refractivity contribution >= 4 is 23.3 Å². The zero-order valence-electron chi connectivity index (χ0n) is 6.54. The van der Waals surface area contributed by atoms with Crippen molar-refractivity contribution in [1.29, 1.82) is 0 Å². The molecule has 0 bridgehead atoms. The van der Waals surface area contributed by atoms with Gasteiger partial charge in [-0.15, -0.1) is 11.6 Å². The Balaban J connectivity index is 2.64. The first-order valence-electron chi connectivity index (χ1n) is 3.37. The number of halogens is 1. The van der Waals surface area contributed by atoms with Gasteiger partial charge in [0.2, 0.25) is 5.91 Å². The Morgan fingerprint density at radius 2 is 2.33 bits per heavy atom. The van der Waals surface area contributed by atoms with Crippen LogP contribution < -0.4 is 5.32 Å². The maximum atomic E-state index is 10.8. The number of rotatable bonds is 2. The molecule has 1 N–H and O–H groups in total. The molecule has 0 aromatic carbocycles. The summed E-state index contributed by atoms with van der Waals surface area (Å²) < 4.78 is 0. The molecule has 64 valence electrons. The van der Waals surface area contributed by atoms with Gasteiger partial charge in [-0.05, 0) is 6.92 Å². The summed E-state index contributed by atoms with van der Waals surface area (Å²) in [5.74, 6) is 0.0660. The molecule has 0 fully saturated rings. The van der Waals surface area contributed by atoms with E-state index in [4.69, 9.17) is 11.6 Å². The van der Waals surface area contributed by atoms with Crippen molar-refractivity contribution < 1.29 is 4.79 Å². The lowest BCUT2D eigenvalue weighted by Gasteiger charge is -2.00. The van der Waals surface area contributed by atoms with E-state index in [1.54, 1.807) is 6.20 Å². The topological polar surface area (TPSA) is 54.9 Å². The molecule has 1 amide bonds. The lowest BCUT2D eigenvalue weighted by atomic mass is 10.5. The molecule has 0 aliphatic carbocycles. The van der Waals surface area contributed by atoms with Crippen molar-refractivity contribution in [2.24, 2.45) is 0 Å². The fourth-order valence-electron chi connectivity index (χ4n) is 0.633. The molecule has 0 atom stereocenters. The molecule has 0 saturated heterocycles. The predicted molar refractivity (Wildman–Crippen MR) is 46.1 cm³/mol. The van der Waals surface area contributed by atoms with Crippen LogP contribution >= 0.6 is 11.6 Å². The van der Waals surface area contributed by atoms with Crippen LogP contribution in [0.3, 0.4) is 0 Å². The van der Waals surface area contributed by atoms with Gasteiger partial charge in [0.15, 0.2) is 5.82 Å². The fraction of sp³-hybridized carbons (Fsp3) is 0.286. The summed E-state index contributed by atoms with van der Waals surface area (Å²) in [4.78, 5) is 18.6. The van der Waals surface area contributed by atoms with Gasteiger partial charge in [-0.3, -0.25) is 9.78 Å². The van der Waals surface area contributed by atoms with Gasteiger partial charge in [0.1, 0.15) is 5.88 Å². The summed E-state index contributed by atoms with van der Waals surface area (Å²) >= 11 is 5.27. The van der Waals surface area contributed by atoms with Crippen LogP contribution in [0.2, 0.25) is 0 Å². The third-order valence-corrected chi connectivity index (χ3v) is 1.41. The van der Waals surface area contributed by atoms with Crippen molar-refractivity contribution in [2.45, 2.75) is 6.92 Å². The molecule has 1 aromatic heterocycles. The number of aromatic nitrogens is 2. The average Bonchev–Trinajstić information content (AvgIpc) is 2.09. The van der Waals surface area contributed by atoms with Gasteiger partial charge < -0.3 is 5.32 Å². The van der Waals surface area contributed by atoms with E-state index in [0.29, 0.717) is 5.82 Å². The predicted octanol–water partition coefficient (Wildman–Crippen LogP) is 0.962.